The van der Waals surface area contributed by atoms with E-state index < -0.39 is 0 Å². The SMILES string of the molecule is Cc1nc(-n2cccc2)sc1C(=O)N1CCCC(Cc2nc(-c3ccsc3)no2)C1. The van der Waals surface area contributed by atoms with Crippen molar-refractivity contribution in [3.8, 4) is 16.5 Å². The van der Waals surface area contributed by atoms with Crippen LogP contribution in [0.5, 0.6) is 0 Å². The molecule has 7 nitrogen and oxygen atoms in total. The van der Waals surface area contributed by atoms with E-state index in [4.69, 9.17) is 4.52 Å². The first-order valence-electron chi connectivity index (χ1n) is 9.92. The van der Waals surface area contributed by atoms with Crippen LogP contribution in [0.1, 0.15) is 34.1 Å². The minimum Gasteiger partial charge on any atom is -0.339 e. The molecule has 30 heavy (non-hydrogen) atoms. The van der Waals surface area contributed by atoms with Gasteiger partial charge in [0.1, 0.15) is 4.88 Å². The van der Waals surface area contributed by atoms with Crippen molar-refractivity contribution >= 4 is 28.6 Å². The highest BCUT2D eigenvalue weighted by molar-refractivity contribution is 7.16. The molecule has 1 saturated heterocycles. The Kier molecular flexibility index (Phi) is 5.22. The Labute approximate surface area is 182 Å². The van der Waals surface area contributed by atoms with Crippen molar-refractivity contribution in [3.05, 3.63) is 57.8 Å². The Morgan fingerprint density at radius 2 is 2.17 bits per heavy atom. The number of aromatic nitrogens is 4. The molecule has 9 heteroatoms. The van der Waals surface area contributed by atoms with Crippen molar-refractivity contribution in [1.82, 2.24) is 24.6 Å². The van der Waals surface area contributed by atoms with Crippen LogP contribution in [0.15, 0.2) is 45.9 Å². The van der Waals surface area contributed by atoms with E-state index in [-0.39, 0.29) is 5.91 Å². The third-order valence-electron chi connectivity index (χ3n) is 5.32. The molecular weight excluding hydrogens is 418 g/mol. The Bertz CT molecular complexity index is 1130. The van der Waals surface area contributed by atoms with Gasteiger partial charge in [0.25, 0.3) is 5.91 Å². The molecule has 1 atom stereocenters. The highest BCUT2D eigenvalue weighted by Gasteiger charge is 2.28. The number of amides is 1. The van der Waals surface area contributed by atoms with E-state index in [0.717, 1.165) is 40.7 Å². The number of carbonyl (C=O) groups is 1. The van der Waals surface area contributed by atoms with E-state index in [2.05, 4.69) is 15.1 Å². The highest BCUT2D eigenvalue weighted by Crippen LogP contribution is 2.27. The normalized spacial score (nSPS) is 16.8. The summed E-state index contributed by atoms with van der Waals surface area (Å²) < 4.78 is 7.40. The van der Waals surface area contributed by atoms with Gasteiger partial charge >= 0.3 is 0 Å². The molecule has 0 bridgehead atoms. The molecule has 5 heterocycles. The third-order valence-corrected chi connectivity index (χ3v) is 7.16. The zero-order chi connectivity index (χ0) is 20.5. The molecule has 0 spiro atoms. The second-order valence-corrected chi connectivity index (χ2v) is 9.25. The zero-order valence-electron chi connectivity index (χ0n) is 16.5. The molecule has 0 aromatic carbocycles. The molecule has 1 aliphatic rings. The van der Waals surface area contributed by atoms with Gasteiger partial charge in [0.15, 0.2) is 5.13 Å². The van der Waals surface area contributed by atoms with Crippen LogP contribution >= 0.6 is 22.7 Å². The Morgan fingerprint density at radius 3 is 2.97 bits per heavy atom. The monoisotopic (exact) mass is 439 g/mol. The standard InChI is InChI=1S/C21H21N5O2S2/c1-14-18(30-21(22-14)25-7-2-3-8-25)20(27)26-9-4-5-15(12-26)11-17-23-19(24-28-17)16-6-10-29-13-16/h2-3,6-8,10,13,15H,4-5,9,11-12H2,1H3. The van der Waals surface area contributed by atoms with Crippen LogP contribution in [-0.2, 0) is 6.42 Å². The summed E-state index contributed by atoms with van der Waals surface area (Å²) in [6.45, 7) is 3.38. The topological polar surface area (TPSA) is 77.1 Å². The van der Waals surface area contributed by atoms with Gasteiger partial charge in [0, 0.05) is 42.8 Å². The van der Waals surface area contributed by atoms with Crippen molar-refractivity contribution in [2.45, 2.75) is 26.2 Å². The van der Waals surface area contributed by atoms with Gasteiger partial charge in [0.05, 0.1) is 5.69 Å². The summed E-state index contributed by atoms with van der Waals surface area (Å²) in [6.07, 6.45) is 6.61. The highest BCUT2D eigenvalue weighted by atomic mass is 32.1. The van der Waals surface area contributed by atoms with E-state index in [0.29, 0.717) is 30.6 Å². The van der Waals surface area contributed by atoms with Crippen molar-refractivity contribution < 1.29 is 9.32 Å². The average molecular weight is 440 g/mol. The number of thiazole rings is 1. The van der Waals surface area contributed by atoms with Crippen LogP contribution in [0.4, 0.5) is 0 Å². The van der Waals surface area contributed by atoms with Crippen LogP contribution in [-0.4, -0.2) is 43.6 Å². The number of hydrogen-bond donors (Lipinski definition) is 0. The predicted octanol–water partition coefficient (Wildman–Crippen LogP) is 4.45. The lowest BCUT2D eigenvalue weighted by molar-refractivity contribution is 0.0672. The van der Waals surface area contributed by atoms with E-state index in [9.17, 15) is 4.79 Å². The van der Waals surface area contributed by atoms with E-state index in [1.165, 1.54) is 11.3 Å². The predicted molar refractivity (Wildman–Crippen MR) is 116 cm³/mol. The van der Waals surface area contributed by atoms with Gasteiger partial charge in [-0.2, -0.15) is 16.3 Å². The number of hydrogen-bond acceptors (Lipinski definition) is 7. The Morgan fingerprint density at radius 1 is 1.30 bits per heavy atom. The summed E-state index contributed by atoms with van der Waals surface area (Å²) in [5.74, 6) is 1.65. The summed E-state index contributed by atoms with van der Waals surface area (Å²) >= 11 is 3.06. The smallest absolute Gasteiger partial charge is 0.265 e. The van der Waals surface area contributed by atoms with Gasteiger partial charge in [-0.05, 0) is 49.3 Å². The number of piperidine rings is 1. The van der Waals surface area contributed by atoms with Crippen LogP contribution in [0.3, 0.4) is 0 Å². The first kappa shape index (κ1) is 19.2. The molecule has 5 rings (SSSR count). The van der Waals surface area contributed by atoms with Gasteiger partial charge in [-0.1, -0.05) is 16.5 Å². The molecule has 0 saturated carbocycles. The molecule has 0 radical (unpaired) electrons. The molecule has 1 aliphatic heterocycles. The third kappa shape index (κ3) is 3.82. The first-order chi connectivity index (χ1) is 14.7. The number of thiophene rings is 1. The van der Waals surface area contributed by atoms with Gasteiger partial charge in [-0.3, -0.25) is 4.79 Å². The summed E-state index contributed by atoms with van der Waals surface area (Å²) in [5.41, 5.74) is 1.77. The van der Waals surface area contributed by atoms with Crippen molar-refractivity contribution in [1.29, 1.82) is 0 Å². The average Bonchev–Trinajstić information content (AvgIpc) is 3.53. The Hall–Kier alpha value is -2.78. The summed E-state index contributed by atoms with van der Waals surface area (Å²) in [6, 6.07) is 5.89. The summed E-state index contributed by atoms with van der Waals surface area (Å²) in [5, 5.41) is 8.92. The summed E-state index contributed by atoms with van der Waals surface area (Å²) in [7, 11) is 0. The van der Waals surface area contributed by atoms with Crippen LogP contribution < -0.4 is 0 Å². The molecule has 4 aromatic rings. The minimum absolute atomic E-state index is 0.0672. The maximum absolute atomic E-state index is 13.2. The number of rotatable bonds is 5. The van der Waals surface area contributed by atoms with Gasteiger partial charge in [-0.25, -0.2) is 4.98 Å². The minimum atomic E-state index is 0.0672. The van der Waals surface area contributed by atoms with Crippen molar-refractivity contribution in [2.75, 3.05) is 13.1 Å². The summed E-state index contributed by atoms with van der Waals surface area (Å²) in [4.78, 5) is 25.0. The molecule has 4 aromatic heterocycles. The quantitative estimate of drug-likeness (QED) is 0.459. The van der Waals surface area contributed by atoms with E-state index in [1.807, 2.05) is 57.7 Å². The van der Waals surface area contributed by atoms with Gasteiger partial charge in [-0.15, -0.1) is 0 Å². The maximum Gasteiger partial charge on any atom is 0.265 e. The van der Waals surface area contributed by atoms with Gasteiger partial charge < -0.3 is 14.0 Å². The molecule has 154 valence electrons. The number of nitrogens with zero attached hydrogens (tertiary/aromatic N) is 5. The first-order valence-corrected chi connectivity index (χ1v) is 11.7. The molecule has 0 N–H and O–H groups in total. The molecule has 1 unspecified atom stereocenters. The van der Waals surface area contributed by atoms with E-state index >= 15 is 0 Å². The molecule has 1 amide bonds. The number of carbonyl (C=O) groups excluding carboxylic acids is 1. The van der Waals surface area contributed by atoms with E-state index in [1.54, 1.807) is 11.3 Å². The van der Waals surface area contributed by atoms with Crippen LogP contribution in [0.25, 0.3) is 16.5 Å². The maximum atomic E-state index is 13.2. The second-order valence-electron chi connectivity index (χ2n) is 7.49. The van der Waals surface area contributed by atoms with Crippen LogP contribution in [0, 0.1) is 12.8 Å². The van der Waals surface area contributed by atoms with Crippen molar-refractivity contribution in [2.24, 2.45) is 5.92 Å². The lowest BCUT2D eigenvalue weighted by atomic mass is 9.94. The largest absolute Gasteiger partial charge is 0.339 e. The number of aryl methyl sites for hydroxylation is 1. The molecule has 1 fully saturated rings. The zero-order valence-corrected chi connectivity index (χ0v) is 18.2. The fourth-order valence-electron chi connectivity index (χ4n) is 3.81. The van der Waals surface area contributed by atoms with Gasteiger partial charge in [0.2, 0.25) is 11.7 Å². The van der Waals surface area contributed by atoms with Crippen molar-refractivity contribution in [3.63, 3.8) is 0 Å². The number of likely N-dealkylation sites (tertiary alicyclic amines) is 1. The molecular formula is C21H21N5O2S2. The molecule has 0 aliphatic carbocycles. The lowest BCUT2D eigenvalue weighted by Crippen LogP contribution is -2.40. The van der Waals surface area contributed by atoms with Crippen LogP contribution in [0.2, 0.25) is 0 Å². The fourth-order valence-corrected chi connectivity index (χ4v) is 5.44. The second kappa shape index (κ2) is 8.16. The fraction of sp³-hybridized carbons (Fsp3) is 0.333. The Balaban J connectivity index is 1.27. The lowest BCUT2D eigenvalue weighted by Gasteiger charge is -2.32.